The van der Waals surface area contributed by atoms with Crippen LogP contribution in [-0.2, 0) is 13.6 Å². The Bertz CT molecular complexity index is 757. The standard InChI is InChI=1S/C16H17ClF2N4O/c1-21-10-12(17)15(20-21)16(24)23-7-5-22(6-8-23)9-11-3-2-4-13(18)14(11)19/h2-4,10H,5-9H2,1H3. The third-order valence-corrected chi connectivity index (χ3v) is 4.35. The molecule has 24 heavy (non-hydrogen) atoms. The van der Waals surface area contributed by atoms with Crippen molar-refractivity contribution in [3.05, 3.63) is 52.3 Å². The molecular formula is C16H17ClF2N4O. The molecule has 0 saturated carbocycles. The van der Waals surface area contributed by atoms with E-state index in [4.69, 9.17) is 11.6 Å². The molecule has 1 aliphatic rings. The Balaban J connectivity index is 1.60. The lowest BCUT2D eigenvalue weighted by Gasteiger charge is -2.34. The summed E-state index contributed by atoms with van der Waals surface area (Å²) in [6.07, 6.45) is 1.58. The minimum atomic E-state index is -0.842. The van der Waals surface area contributed by atoms with Gasteiger partial charge < -0.3 is 4.90 Å². The first-order valence-corrected chi connectivity index (χ1v) is 7.97. The molecule has 1 fully saturated rings. The van der Waals surface area contributed by atoms with Crippen LogP contribution in [0.5, 0.6) is 0 Å². The summed E-state index contributed by atoms with van der Waals surface area (Å²) in [4.78, 5) is 16.1. The van der Waals surface area contributed by atoms with Crippen molar-refractivity contribution in [1.82, 2.24) is 19.6 Å². The fourth-order valence-corrected chi connectivity index (χ4v) is 3.03. The lowest BCUT2D eigenvalue weighted by Crippen LogP contribution is -2.48. The van der Waals surface area contributed by atoms with Gasteiger partial charge in [-0.3, -0.25) is 14.4 Å². The first kappa shape index (κ1) is 16.9. The number of rotatable bonds is 3. The second-order valence-electron chi connectivity index (χ2n) is 5.78. The Morgan fingerprint density at radius 2 is 1.96 bits per heavy atom. The summed E-state index contributed by atoms with van der Waals surface area (Å²) in [7, 11) is 1.70. The summed E-state index contributed by atoms with van der Waals surface area (Å²) < 4.78 is 28.5. The molecule has 1 aromatic carbocycles. The molecule has 2 aromatic rings. The number of halogens is 3. The number of nitrogens with zero attached hydrogens (tertiary/aromatic N) is 4. The minimum absolute atomic E-state index is 0.211. The second kappa shape index (κ2) is 6.86. The van der Waals surface area contributed by atoms with Crippen LogP contribution >= 0.6 is 11.6 Å². The van der Waals surface area contributed by atoms with Gasteiger partial charge in [0.2, 0.25) is 0 Å². The molecule has 0 aliphatic carbocycles. The first-order chi connectivity index (χ1) is 11.5. The molecule has 128 valence electrons. The highest BCUT2D eigenvalue weighted by Crippen LogP contribution is 2.18. The average molecular weight is 355 g/mol. The summed E-state index contributed by atoms with van der Waals surface area (Å²) in [5.74, 6) is -1.86. The number of piperazine rings is 1. The Morgan fingerprint density at radius 1 is 1.25 bits per heavy atom. The molecule has 1 saturated heterocycles. The summed E-state index contributed by atoms with van der Waals surface area (Å²) in [5, 5.41) is 4.41. The molecule has 1 aliphatic heterocycles. The zero-order valence-electron chi connectivity index (χ0n) is 13.2. The zero-order chi connectivity index (χ0) is 17.3. The number of benzene rings is 1. The number of aromatic nitrogens is 2. The van der Waals surface area contributed by atoms with Crippen LogP contribution in [0.25, 0.3) is 0 Å². The van der Waals surface area contributed by atoms with Crippen molar-refractivity contribution in [1.29, 1.82) is 0 Å². The first-order valence-electron chi connectivity index (χ1n) is 7.59. The van der Waals surface area contributed by atoms with E-state index in [1.54, 1.807) is 24.2 Å². The summed E-state index contributed by atoms with van der Waals surface area (Å²) >= 11 is 6.01. The number of hydrogen-bond donors (Lipinski definition) is 0. The lowest BCUT2D eigenvalue weighted by atomic mass is 10.1. The number of amides is 1. The van der Waals surface area contributed by atoms with Gasteiger partial charge in [-0.15, -0.1) is 0 Å². The van der Waals surface area contributed by atoms with Gasteiger partial charge in [-0.25, -0.2) is 8.78 Å². The van der Waals surface area contributed by atoms with E-state index in [1.807, 2.05) is 4.90 Å². The van der Waals surface area contributed by atoms with Gasteiger partial charge in [-0.2, -0.15) is 5.10 Å². The van der Waals surface area contributed by atoms with Gasteiger partial charge in [0.25, 0.3) is 5.91 Å². The van der Waals surface area contributed by atoms with Crippen molar-refractivity contribution in [3.8, 4) is 0 Å². The Hall–Kier alpha value is -1.99. The molecule has 0 radical (unpaired) electrons. The summed E-state index contributed by atoms with van der Waals surface area (Å²) in [6.45, 7) is 2.44. The SMILES string of the molecule is Cn1cc(Cl)c(C(=O)N2CCN(Cc3cccc(F)c3F)CC2)n1. The van der Waals surface area contributed by atoms with E-state index >= 15 is 0 Å². The van der Waals surface area contributed by atoms with Crippen LogP contribution in [0.15, 0.2) is 24.4 Å². The molecule has 0 N–H and O–H groups in total. The van der Waals surface area contributed by atoms with Crippen molar-refractivity contribution in [2.75, 3.05) is 26.2 Å². The van der Waals surface area contributed by atoms with Crippen LogP contribution < -0.4 is 0 Å². The van der Waals surface area contributed by atoms with E-state index in [0.29, 0.717) is 43.3 Å². The number of aryl methyl sites for hydroxylation is 1. The Labute approximate surface area is 143 Å². The molecule has 0 atom stereocenters. The maximum Gasteiger partial charge on any atom is 0.276 e. The predicted molar refractivity (Wildman–Crippen MR) is 85.8 cm³/mol. The van der Waals surface area contributed by atoms with Crippen LogP contribution in [0.3, 0.4) is 0 Å². The van der Waals surface area contributed by atoms with Gasteiger partial charge in [-0.1, -0.05) is 23.7 Å². The number of hydrogen-bond acceptors (Lipinski definition) is 3. The van der Waals surface area contributed by atoms with Gasteiger partial charge in [-0.05, 0) is 6.07 Å². The van der Waals surface area contributed by atoms with Crippen LogP contribution in [0.1, 0.15) is 16.1 Å². The number of carbonyl (C=O) groups is 1. The van der Waals surface area contributed by atoms with Crippen molar-refractivity contribution in [2.24, 2.45) is 7.05 Å². The largest absolute Gasteiger partial charge is 0.335 e. The molecule has 3 rings (SSSR count). The van der Waals surface area contributed by atoms with Crippen LogP contribution in [0, 0.1) is 11.6 Å². The molecular weight excluding hydrogens is 338 g/mol. The van der Waals surface area contributed by atoms with E-state index in [0.717, 1.165) is 6.07 Å². The Morgan fingerprint density at radius 3 is 2.58 bits per heavy atom. The highest BCUT2D eigenvalue weighted by molar-refractivity contribution is 6.33. The predicted octanol–water partition coefficient (Wildman–Crippen LogP) is 2.31. The average Bonchev–Trinajstić information content (AvgIpc) is 2.90. The molecule has 1 aromatic heterocycles. The molecule has 0 bridgehead atoms. The van der Waals surface area contributed by atoms with E-state index in [1.165, 1.54) is 10.7 Å². The maximum absolute atomic E-state index is 13.7. The van der Waals surface area contributed by atoms with Crippen molar-refractivity contribution in [2.45, 2.75) is 6.54 Å². The Kier molecular flexibility index (Phi) is 4.82. The molecule has 5 nitrogen and oxygen atoms in total. The topological polar surface area (TPSA) is 41.4 Å². The second-order valence-corrected chi connectivity index (χ2v) is 6.19. The van der Waals surface area contributed by atoms with Gasteiger partial charge in [0.05, 0.1) is 5.02 Å². The van der Waals surface area contributed by atoms with Crippen molar-refractivity contribution in [3.63, 3.8) is 0 Å². The van der Waals surface area contributed by atoms with Crippen molar-refractivity contribution >= 4 is 17.5 Å². The molecule has 1 amide bonds. The molecule has 0 spiro atoms. The van der Waals surface area contributed by atoms with E-state index in [2.05, 4.69) is 5.10 Å². The fourth-order valence-electron chi connectivity index (χ4n) is 2.77. The minimum Gasteiger partial charge on any atom is -0.335 e. The van der Waals surface area contributed by atoms with Crippen LogP contribution in [0.4, 0.5) is 8.78 Å². The monoisotopic (exact) mass is 354 g/mol. The highest BCUT2D eigenvalue weighted by Gasteiger charge is 2.26. The molecule has 8 heteroatoms. The molecule has 0 unspecified atom stereocenters. The van der Waals surface area contributed by atoms with Crippen LogP contribution in [-0.4, -0.2) is 51.7 Å². The van der Waals surface area contributed by atoms with Gasteiger partial charge >= 0.3 is 0 Å². The van der Waals surface area contributed by atoms with Gasteiger partial charge in [0, 0.05) is 51.5 Å². The van der Waals surface area contributed by atoms with Crippen molar-refractivity contribution < 1.29 is 13.6 Å². The molecule has 2 heterocycles. The third-order valence-electron chi connectivity index (χ3n) is 4.07. The van der Waals surface area contributed by atoms with E-state index < -0.39 is 11.6 Å². The summed E-state index contributed by atoms with van der Waals surface area (Å²) in [6, 6.07) is 4.17. The lowest BCUT2D eigenvalue weighted by molar-refractivity contribution is 0.0620. The summed E-state index contributed by atoms with van der Waals surface area (Å²) in [5.41, 5.74) is 0.561. The normalized spacial score (nSPS) is 15.8. The fraction of sp³-hybridized carbons (Fsp3) is 0.375. The van der Waals surface area contributed by atoms with Gasteiger partial charge in [0.15, 0.2) is 17.3 Å². The van der Waals surface area contributed by atoms with Crippen LogP contribution in [0.2, 0.25) is 5.02 Å². The third kappa shape index (κ3) is 3.42. The number of carbonyl (C=O) groups excluding carboxylic acids is 1. The van der Waals surface area contributed by atoms with Gasteiger partial charge in [0.1, 0.15) is 0 Å². The van der Waals surface area contributed by atoms with E-state index in [-0.39, 0.29) is 11.6 Å². The highest BCUT2D eigenvalue weighted by atomic mass is 35.5. The van der Waals surface area contributed by atoms with E-state index in [9.17, 15) is 13.6 Å². The quantitative estimate of drug-likeness (QED) is 0.849. The zero-order valence-corrected chi connectivity index (χ0v) is 13.9. The maximum atomic E-state index is 13.7. The smallest absolute Gasteiger partial charge is 0.276 e.